The van der Waals surface area contributed by atoms with Gasteiger partial charge in [0, 0.05) is 26.2 Å². The Bertz CT molecular complexity index is 886. The van der Waals surface area contributed by atoms with E-state index in [0.717, 1.165) is 16.7 Å². The van der Waals surface area contributed by atoms with Crippen molar-refractivity contribution in [3.8, 4) is 0 Å². The van der Waals surface area contributed by atoms with E-state index in [1.807, 2.05) is 24.3 Å². The van der Waals surface area contributed by atoms with Crippen molar-refractivity contribution in [1.29, 1.82) is 0 Å². The van der Waals surface area contributed by atoms with Gasteiger partial charge in [0.15, 0.2) is 5.96 Å². The van der Waals surface area contributed by atoms with E-state index >= 15 is 0 Å². The number of benzene rings is 2. The van der Waals surface area contributed by atoms with Crippen LogP contribution in [0, 0.1) is 5.82 Å². The summed E-state index contributed by atoms with van der Waals surface area (Å²) < 4.78 is 39.5. The van der Waals surface area contributed by atoms with Gasteiger partial charge in [0.25, 0.3) is 0 Å². The average Bonchev–Trinajstić information content (AvgIpc) is 2.63. The maximum absolute atomic E-state index is 12.9. The van der Waals surface area contributed by atoms with Gasteiger partial charge in [-0.15, -0.1) is 24.0 Å². The van der Waals surface area contributed by atoms with Gasteiger partial charge in [0.2, 0.25) is 10.0 Å². The molecule has 0 unspecified atom stereocenters. The molecule has 0 spiro atoms. The van der Waals surface area contributed by atoms with Crippen LogP contribution in [0.5, 0.6) is 0 Å². The Morgan fingerprint density at radius 3 is 1.83 bits per heavy atom. The van der Waals surface area contributed by atoms with Gasteiger partial charge in [-0.25, -0.2) is 17.5 Å². The third-order valence-electron chi connectivity index (χ3n) is 3.85. The lowest BCUT2D eigenvalue weighted by Gasteiger charge is -2.13. The number of nitrogens with zero attached hydrogens (tertiary/aromatic N) is 1. The van der Waals surface area contributed by atoms with Gasteiger partial charge < -0.3 is 10.6 Å². The van der Waals surface area contributed by atoms with E-state index < -0.39 is 10.0 Å². The number of hydrogen-bond donors (Lipinski definition) is 3. The van der Waals surface area contributed by atoms with Crippen LogP contribution in [-0.4, -0.2) is 27.5 Å². The summed E-state index contributed by atoms with van der Waals surface area (Å²) in [7, 11) is -1.65. The van der Waals surface area contributed by atoms with Crippen LogP contribution in [-0.2, 0) is 28.9 Å². The Balaban J connectivity index is 0.00000420. The molecule has 0 saturated heterocycles. The normalized spacial score (nSPS) is 11.8. The molecule has 3 N–H and O–H groups in total. The highest BCUT2D eigenvalue weighted by molar-refractivity contribution is 14.0. The Kier molecular flexibility index (Phi) is 10.5. The number of aliphatic imine (C=N–C) groups is 1. The Hall–Kier alpha value is -1.72. The molecule has 160 valence electrons. The number of hydrogen-bond acceptors (Lipinski definition) is 3. The summed E-state index contributed by atoms with van der Waals surface area (Å²) in [6, 6.07) is 13.6. The van der Waals surface area contributed by atoms with Gasteiger partial charge in [-0.2, -0.15) is 0 Å². The van der Waals surface area contributed by atoms with Gasteiger partial charge in [0.05, 0.1) is 5.75 Å². The molecule has 0 radical (unpaired) electrons. The predicted molar refractivity (Wildman–Crippen MR) is 126 cm³/mol. The number of halogens is 2. The maximum Gasteiger partial charge on any atom is 0.216 e. The smallest absolute Gasteiger partial charge is 0.216 e. The van der Waals surface area contributed by atoms with Crippen LogP contribution in [0.4, 0.5) is 4.39 Å². The topological polar surface area (TPSA) is 82.6 Å². The minimum Gasteiger partial charge on any atom is -0.352 e. The predicted octanol–water partition coefficient (Wildman–Crippen LogP) is 3.14. The van der Waals surface area contributed by atoms with E-state index in [4.69, 9.17) is 0 Å². The van der Waals surface area contributed by atoms with Gasteiger partial charge in [-0.1, -0.05) is 36.4 Å². The zero-order chi connectivity index (χ0) is 20.6. The van der Waals surface area contributed by atoms with E-state index in [1.54, 1.807) is 33.0 Å². The van der Waals surface area contributed by atoms with Crippen molar-refractivity contribution >= 4 is 40.0 Å². The second kappa shape index (κ2) is 12.1. The summed E-state index contributed by atoms with van der Waals surface area (Å²) in [6.45, 7) is 4.66. The van der Waals surface area contributed by atoms with E-state index in [2.05, 4.69) is 20.3 Å². The summed E-state index contributed by atoms with van der Waals surface area (Å²) in [5.74, 6) is 0.319. The molecule has 0 aliphatic rings. The zero-order valence-electron chi connectivity index (χ0n) is 16.8. The van der Waals surface area contributed by atoms with E-state index in [1.165, 1.54) is 12.1 Å². The molecule has 0 atom stereocenters. The van der Waals surface area contributed by atoms with Crippen LogP contribution in [0.25, 0.3) is 0 Å². The molecule has 0 aromatic heterocycles. The van der Waals surface area contributed by atoms with Crippen LogP contribution in [0.1, 0.15) is 30.5 Å². The second-order valence-electron chi connectivity index (χ2n) is 6.75. The highest BCUT2D eigenvalue weighted by Gasteiger charge is 2.12. The maximum atomic E-state index is 12.9. The van der Waals surface area contributed by atoms with Crippen LogP contribution in [0.15, 0.2) is 53.5 Å². The van der Waals surface area contributed by atoms with Gasteiger partial charge in [0.1, 0.15) is 5.82 Å². The van der Waals surface area contributed by atoms with Crippen molar-refractivity contribution in [2.75, 3.05) is 7.05 Å². The van der Waals surface area contributed by atoms with Crippen molar-refractivity contribution in [2.24, 2.45) is 4.99 Å². The molecule has 9 heteroatoms. The molecule has 0 aliphatic heterocycles. The summed E-state index contributed by atoms with van der Waals surface area (Å²) in [4.78, 5) is 4.16. The zero-order valence-corrected chi connectivity index (χ0v) is 19.9. The molecule has 0 fully saturated rings. The van der Waals surface area contributed by atoms with Crippen LogP contribution in [0.3, 0.4) is 0 Å². The summed E-state index contributed by atoms with van der Waals surface area (Å²) in [5.41, 5.74) is 2.68. The monoisotopic (exact) mass is 534 g/mol. The SMILES string of the molecule is CN=C(NCc1ccc(F)cc1)NCc1ccc(CS(=O)(=O)NC(C)C)cc1.I. The summed E-state index contributed by atoms with van der Waals surface area (Å²) >= 11 is 0. The average molecular weight is 534 g/mol. The molecule has 6 nitrogen and oxygen atoms in total. The standard InChI is InChI=1S/C20H27FN4O2S.HI/c1-15(2)25-28(26,27)14-18-6-4-16(5-7-18)12-23-20(22-3)24-13-17-8-10-19(21)11-9-17;/h4-11,15,25H,12-14H2,1-3H3,(H2,22,23,24);1H. The van der Waals surface area contributed by atoms with Crippen LogP contribution >= 0.6 is 24.0 Å². The Labute approximate surface area is 189 Å². The molecule has 0 bridgehead atoms. The fraction of sp³-hybridized carbons (Fsp3) is 0.350. The first-order valence-corrected chi connectivity index (χ1v) is 10.7. The highest BCUT2D eigenvalue weighted by Crippen LogP contribution is 2.08. The minimum atomic E-state index is -3.33. The van der Waals surface area contributed by atoms with E-state index in [-0.39, 0.29) is 41.6 Å². The molecule has 2 aromatic rings. The van der Waals surface area contributed by atoms with Crippen molar-refractivity contribution in [2.45, 2.75) is 38.7 Å². The number of rotatable bonds is 8. The molecule has 0 aliphatic carbocycles. The quantitative estimate of drug-likeness (QED) is 0.276. The first-order valence-electron chi connectivity index (χ1n) is 9.04. The molecule has 0 heterocycles. The fourth-order valence-electron chi connectivity index (χ4n) is 2.57. The van der Waals surface area contributed by atoms with Gasteiger partial charge in [-0.05, 0) is 42.7 Å². The third-order valence-corrected chi connectivity index (χ3v) is 5.40. The fourth-order valence-corrected chi connectivity index (χ4v) is 4.00. The first kappa shape index (κ1) is 25.3. The second-order valence-corrected chi connectivity index (χ2v) is 8.51. The van der Waals surface area contributed by atoms with Gasteiger partial charge in [-0.3, -0.25) is 4.99 Å². The van der Waals surface area contributed by atoms with Crippen molar-refractivity contribution in [3.63, 3.8) is 0 Å². The molecule has 0 saturated carbocycles. The summed E-state index contributed by atoms with van der Waals surface area (Å²) in [5, 5.41) is 6.36. The Morgan fingerprint density at radius 1 is 0.931 bits per heavy atom. The number of nitrogens with one attached hydrogen (secondary N) is 3. The molecular weight excluding hydrogens is 506 g/mol. The lowest BCUT2D eigenvalue weighted by atomic mass is 10.1. The molecule has 29 heavy (non-hydrogen) atoms. The molecule has 2 rings (SSSR count). The van der Waals surface area contributed by atoms with Crippen LogP contribution < -0.4 is 15.4 Å². The van der Waals surface area contributed by atoms with E-state index in [9.17, 15) is 12.8 Å². The summed E-state index contributed by atoms with van der Waals surface area (Å²) in [6.07, 6.45) is 0. The third kappa shape index (κ3) is 9.55. The lowest BCUT2D eigenvalue weighted by Crippen LogP contribution is -2.36. The van der Waals surface area contributed by atoms with E-state index in [0.29, 0.717) is 19.0 Å². The minimum absolute atomic E-state index is 0. The van der Waals surface area contributed by atoms with Gasteiger partial charge >= 0.3 is 0 Å². The largest absolute Gasteiger partial charge is 0.352 e. The van der Waals surface area contributed by atoms with Crippen molar-refractivity contribution < 1.29 is 12.8 Å². The number of sulfonamides is 1. The first-order chi connectivity index (χ1) is 13.3. The lowest BCUT2D eigenvalue weighted by molar-refractivity contribution is 0.569. The number of guanidine groups is 1. The molecule has 2 aromatic carbocycles. The Morgan fingerprint density at radius 2 is 1.38 bits per heavy atom. The highest BCUT2D eigenvalue weighted by atomic mass is 127. The van der Waals surface area contributed by atoms with Crippen molar-refractivity contribution in [1.82, 2.24) is 15.4 Å². The molecular formula is C20H28FIN4O2S. The molecule has 0 amide bonds. The van der Waals surface area contributed by atoms with Crippen LogP contribution in [0.2, 0.25) is 0 Å². The van der Waals surface area contributed by atoms with Crippen molar-refractivity contribution in [3.05, 3.63) is 71.0 Å².